The van der Waals surface area contributed by atoms with Crippen LogP contribution in [0.5, 0.6) is 0 Å². The molecular formula is C12H23ClN2O2. The lowest BCUT2D eigenvalue weighted by molar-refractivity contribution is -0.136. The lowest BCUT2D eigenvalue weighted by Gasteiger charge is -2.26. The highest BCUT2D eigenvalue weighted by molar-refractivity contribution is 5.85. The van der Waals surface area contributed by atoms with Crippen LogP contribution in [0, 0.1) is 11.8 Å². The first-order valence-electron chi connectivity index (χ1n) is 6.39. The van der Waals surface area contributed by atoms with Gasteiger partial charge in [0.2, 0.25) is 5.91 Å². The number of nitrogens with zero attached hydrogens (tertiary/aromatic N) is 1. The summed E-state index contributed by atoms with van der Waals surface area (Å²) in [6.07, 6.45) is 4.27. The van der Waals surface area contributed by atoms with Crippen LogP contribution in [0.4, 0.5) is 0 Å². The molecule has 1 heterocycles. The van der Waals surface area contributed by atoms with Gasteiger partial charge in [-0.3, -0.25) is 4.79 Å². The van der Waals surface area contributed by atoms with E-state index in [2.05, 4.69) is 0 Å². The predicted molar refractivity (Wildman–Crippen MR) is 69.1 cm³/mol. The predicted octanol–water partition coefficient (Wildman–Crippen LogP) is 1.03. The number of hydrogen-bond donors (Lipinski definition) is 1. The Hall–Kier alpha value is -0.320. The van der Waals surface area contributed by atoms with E-state index in [1.54, 1.807) is 0 Å². The molecule has 100 valence electrons. The molecule has 17 heavy (non-hydrogen) atoms. The van der Waals surface area contributed by atoms with Crippen molar-refractivity contribution in [3.05, 3.63) is 0 Å². The first kappa shape index (κ1) is 14.7. The van der Waals surface area contributed by atoms with Gasteiger partial charge in [0, 0.05) is 25.6 Å². The van der Waals surface area contributed by atoms with E-state index in [4.69, 9.17) is 10.5 Å². The van der Waals surface area contributed by atoms with E-state index < -0.39 is 0 Å². The molecule has 4 nitrogen and oxygen atoms in total. The summed E-state index contributed by atoms with van der Waals surface area (Å²) in [7, 11) is 0. The van der Waals surface area contributed by atoms with Crippen LogP contribution in [0.25, 0.3) is 0 Å². The summed E-state index contributed by atoms with van der Waals surface area (Å²) in [6.45, 7) is 3.74. The van der Waals surface area contributed by atoms with E-state index in [1.165, 1.54) is 0 Å². The quantitative estimate of drug-likeness (QED) is 0.809. The molecule has 0 radical (unpaired) electrons. The van der Waals surface area contributed by atoms with Gasteiger partial charge in [-0.25, -0.2) is 0 Å². The maximum Gasteiger partial charge on any atom is 0.226 e. The summed E-state index contributed by atoms with van der Waals surface area (Å²) in [4.78, 5) is 14.3. The fourth-order valence-corrected chi connectivity index (χ4v) is 2.85. The van der Waals surface area contributed by atoms with Crippen molar-refractivity contribution in [3.8, 4) is 0 Å². The monoisotopic (exact) mass is 262 g/mol. The Morgan fingerprint density at radius 2 is 2.06 bits per heavy atom. The van der Waals surface area contributed by atoms with E-state index in [0.29, 0.717) is 25.0 Å². The van der Waals surface area contributed by atoms with Crippen LogP contribution in [0.3, 0.4) is 0 Å². The highest BCUT2D eigenvalue weighted by Crippen LogP contribution is 2.32. The van der Waals surface area contributed by atoms with Crippen molar-refractivity contribution in [2.75, 3.05) is 32.8 Å². The molecule has 2 aliphatic rings. The van der Waals surface area contributed by atoms with Gasteiger partial charge in [0.15, 0.2) is 0 Å². The van der Waals surface area contributed by atoms with Crippen molar-refractivity contribution < 1.29 is 9.53 Å². The minimum absolute atomic E-state index is 0. The maximum atomic E-state index is 12.3. The van der Waals surface area contributed by atoms with Crippen LogP contribution >= 0.6 is 12.4 Å². The molecule has 2 atom stereocenters. The average Bonchev–Trinajstić information content (AvgIpc) is 2.61. The first-order valence-corrected chi connectivity index (χ1v) is 6.39. The Kier molecular flexibility index (Phi) is 6.23. The van der Waals surface area contributed by atoms with Gasteiger partial charge in [0.25, 0.3) is 0 Å². The number of amides is 1. The van der Waals surface area contributed by atoms with Crippen LogP contribution in [0.2, 0.25) is 0 Å². The van der Waals surface area contributed by atoms with E-state index in [-0.39, 0.29) is 18.3 Å². The first-order chi connectivity index (χ1) is 7.83. The van der Waals surface area contributed by atoms with Crippen molar-refractivity contribution in [2.45, 2.75) is 25.7 Å². The van der Waals surface area contributed by atoms with Gasteiger partial charge in [-0.1, -0.05) is 6.42 Å². The number of rotatable bonds is 2. The lowest BCUT2D eigenvalue weighted by Crippen LogP contribution is -2.40. The Balaban J connectivity index is 0.00000144. The Morgan fingerprint density at radius 1 is 1.24 bits per heavy atom. The van der Waals surface area contributed by atoms with E-state index in [9.17, 15) is 4.79 Å². The van der Waals surface area contributed by atoms with Crippen molar-refractivity contribution in [1.29, 1.82) is 0 Å². The number of ether oxygens (including phenoxy) is 1. The number of carbonyl (C=O) groups is 1. The zero-order valence-corrected chi connectivity index (χ0v) is 11.1. The van der Waals surface area contributed by atoms with Gasteiger partial charge in [-0.2, -0.15) is 0 Å². The third-order valence-corrected chi connectivity index (χ3v) is 3.81. The molecular weight excluding hydrogens is 240 g/mol. The Bertz CT molecular complexity index is 243. The topological polar surface area (TPSA) is 55.6 Å². The third kappa shape index (κ3) is 3.57. The summed E-state index contributed by atoms with van der Waals surface area (Å²) in [6, 6.07) is 0. The van der Waals surface area contributed by atoms with Gasteiger partial charge in [-0.05, 0) is 31.7 Å². The molecule has 1 saturated carbocycles. The second-order valence-electron chi connectivity index (χ2n) is 4.82. The minimum Gasteiger partial charge on any atom is -0.380 e. The average molecular weight is 263 g/mol. The number of hydrogen-bond acceptors (Lipinski definition) is 3. The van der Waals surface area contributed by atoms with Crippen LogP contribution in [-0.4, -0.2) is 43.7 Å². The standard InChI is InChI=1S/C12H22N2O2.ClH/c13-9-10-3-1-4-11(10)12(15)14-5-2-7-16-8-6-14;/h10-11H,1-9,13H2;1H/t10-,11-;/m1./s1. The fraction of sp³-hybridized carbons (Fsp3) is 0.917. The third-order valence-electron chi connectivity index (χ3n) is 3.81. The highest BCUT2D eigenvalue weighted by atomic mass is 35.5. The number of halogens is 1. The second-order valence-corrected chi connectivity index (χ2v) is 4.82. The summed E-state index contributed by atoms with van der Waals surface area (Å²) in [5.41, 5.74) is 5.73. The molecule has 0 bridgehead atoms. The molecule has 1 amide bonds. The maximum absolute atomic E-state index is 12.3. The molecule has 2 N–H and O–H groups in total. The Morgan fingerprint density at radius 3 is 2.82 bits per heavy atom. The van der Waals surface area contributed by atoms with Crippen LogP contribution in [0.1, 0.15) is 25.7 Å². The van der Waals surface area contributed by atoms with Crippen LogP contribution < -0.4 is 5.73 Å². The minimum atomic E-state index is 0. The number of nitrogens with two attached hydrogens (primary N) is 1. The van der Waals surface area contributed by atoms with Crippen molar-refractivity contribution in [3.63, 3.8) is 0 Å². The smallest absolute Gasteiger partial charge is 0.226 e. The van der Waals surface area contributed by atoms with Gasteiger partial charge >= 0.3 is 0 Å². The normalized spacial score (nSPS) is 29.6. The van der Waals surface area contributed by atoms with Gasteiger partial charge in [-0.15, -0.1) is 12.4 Å². The molecule has 2 rings (SSSR count). The summed E-state index contributed by atoms with van der Waals surface area (Å²) in [5.74, 6) is 0.915. The van der Waals surface area contributed by atoms with Gasteiger partial charge < -0.3 is 15.4 Å². The SMILES string of the molecule is Cl.NC[C@H]1CCC[C@H]1C(=O)N1CCCOCC1. The van der Waals surface area contributed by atoms with Gasteiger partial charge in [0.05, 0.1) is 6.61 Å². The van der Waals surface area contributed by atoms with E-state index >= 15 is 0 Å². The van der Waals surface area contributed by atoms with Crippen molar-refractivity contribution in [2.24, 2.45) is 17.6 Å². The summed E-state index contributed by atoms with van der Waals surface area (Å²) >= 11 is 0. The summed E-state index contributed by atoms with van der Waals surface area (Å²) in [5, 5.41) is 0. The highest BCUT2D eigenvalue weighted by Gasteiger charge is 2.34. The molecule has 0 aromatic heterocycles. The molecule has 0 unspecified atom stereocenters. The van der Waals surface area contributed by atoms with Crippen LogP contribution in [-0.2, 0) is 9.53 Å². The van der Waals surface area contributed by atoms with E-state index in [0.717, 1.165) is 45.4 Å². The van der Waals surface area contributed by atoms with Crippen molar-refractivity contribution >= 4 is 18.3 Å². The summed E-state index contributed by atoms with van der Waals surface area (Å²) < 4.78 is 5.37. The van der Waals surface area contributed by atoms with Crippen molar-refractivity contribution in [1.82, 2.24) is 4.90 Å². The largest absolute Gasteiger partial charge is 0.380 e. The molecule has 0 aromatic rings. The fourth-order valence-electron chi connectivity index (χ4n) is 2.85. The molecule has 2 fully saturated rings. The zero-order chi connectivity index (χ0) is 11.4. The second kappa shape index (κ2) is 7.19. The molecule has 0 aromatic carbocycles. The molecule has 1 aliphatic heterocycles. The molecule has 1 aliphatic carbocycles. The molecule has 5 heteroatoms. The molecule has 1 saturated heterocycles. The lowest BCUT2D eigenvalue weighted by atomic mass is 9.94. The van der Waals surface area contributed by atoms with Gasteiger partial charge in [0.1, 0.15) is 0 Å². The number of carbonyl (C=O) groups excluding carboxylic acids is 1. The van der Waals surface area contributed by atoms with Crippen LogP contribution in [0.15, 0.2) is 0 Å². The van der Waals surface area contributed by atoms with E-state index in [1.807, 2.05) is 4.90 Å². The zero-order valence-electron chi connectivity index (χ0n) is 10.3. The molecule has 0 spiro atoms. The Labute approximate surface area is 109 Å².